The monoisotopic (exact) mass is 250 g/mol. The molecule has 0 aromatic heterocycles. The number of rotatable bonds is 2. The van der Waals surface area contributed by atoms with E-state index in [1.165, 1.54) is 0 Å². The van der Waals surface area contributed by atoms with E-state index in [-0.39, 0.29) is 10.8 Å². The van der Waals surface area contributed by atoms with Gasteiger partial charge in [-0.25, -0.2) is 0 Å². The van der Waals surface area contributed by atoms with Crippen molar-refractivity contribution in [1.82, 2.24) is 0 Å². The molecule has 0 aliphatic rings. The fourth-order valence-corrected chi connectivity index (χ4v) is 1.94. The van der Waals surface area contributed by atoms with Crippen molar-refractivity contribution in [1.29, 1.82) is 0 Å². The summed E-state index contributed by atoms with van der Waals surface area (Å²) in [5.41, 5.74) is 1.17. The molecule has 18 heavy (non-hydrogen) atoms. The molecule has 1 aromatic rings. The maximum absolute atomic E-state index is 10.4. The van der Waals surface area contributed by atoms with Crippen molar-refractivity contribution in [2.75, 3.05) is 0 Å². The summed E-state index contributed by atoms with van der Waals surface area (Å²) in [6, 6.07) is 7.62. The summed E-state index contributed by atoms with van der Waals surface area (Å²) in [6.45, 7) is 12.0. The standard InChI is InChI=1S/C16H26O2/c1-15(2,3)13(17)11-9-7-8-10-12(11)14(18)16(4,5)6/h7-10,13-14,17-18H,1-6H3. The Hall–Kier alpha value is -0.860. The molecule has 0 radical (unpaired) electrons. The van der Waals surface area contributed by atoms with Gasteiger partial charge < -0.3 is 10.2 Å². The lowest BCUT2D eigenvalue weighted by molar-refractivity contribution is 0.0419. The third-order valence-electron chi connectivity index (χ3n) is 3.23. The van der Waals surface area contributed by atoms with Gasteiger partial charge in [-0.3, -0.25) is 0 Å². The molecular weight excluding hydrogens is 224 g/mol. The summed E-state index contributed by atoms with van der Waals surface area (Å²) in [5, 5.41) is 20.9. The number of aliphatic hydroxyl groups is 2. The lowest BCUT2D eigenvalue weighted by Crippen LogP contribution is -2.24. The van der Waals surface area contributed by atoms with Crippen LogP contribution in [0.15, 0.2) is 24.3 Å². The molecule has 0 saturated carbocycles. The van der Waals surface area contributed by atoms with Gasteiger partial charge in [-0.15, -0.1) is 0 Å². The van der Waals surface area contributed by atoms with Gasteiger partial charge >= 0.3 is 0 Å². The molecule has 0 amide bonds. The molecule has 0 fully saturated rings. The van der Waals surface area contributed by atoms with Crippen LogP contribution in [0.25, 0.3) is 0 Å². The smallest absolute Gasteiger partial charge is 0.0841 e. The molecule has 2 heteroatoms. The molecule has 0 heterocycles. The van der Waals surface area contributed by atoms with E-state index in [9.17, 15) is 10.2 Å². The minimum absolute atomic E-state index is 0.242. The molecule has 2 N–H and O–H groups in total. The second-order valence-corrected chi connectivity index (χ2v) is 7.17. The van der Waals surface area contributed by atoms with E-state index in [4.69, 9.17) is 0 Å². The average molecular weight is 250 g/mol. The van der Waals surface area contributed by atoms with E-state index in [0.29, 0.717) is 0 Å². The SMILES string of the molecule is CC(C)(C)C(O)c1ccccc1C(O)C(C)(C)C. The van der Waals surface area contributed by atoms with E-state index >= 15 is 0 Å². The van der Waals surface area contributed by atoms with Crippen molar-refractivity contribution in [3.8, 4) is 0 Å². The molecule has 0 aliphatic carbocycles. The van der Waals surface area contributed by atoms with Gasteiger partial charge in [0.05, 0.1) is 12.2 Å². The van der Waals surface area contributed by atoms with Crippen LogP contribution in [0.1, 0.15) is 64.9 Å². The second-order valence-electron chi connectivity index (χ2n) is 7.17. The predicted molar refractivity (Wildman–Crippen MR) is 75.3 cm³/mol. The van der Waals surface area contributed by atoms with Gasteiger partial charge in [0, 0.05) is 0 Å². The second kappa shape index (κ2) is 5.02. The minimum atomic E-state index is -0.578. The molecule has 2 nitrogen and oxygen atoms in total. The quantitative estimate of drug-likeness (QED) is 0.837. The molecule has 2 atom stereocenters. The molecule has 1 aromatic carbocycles. The maximum atomic E-state index is 10.4. The van der Waals surface area contributed by atoms with Crippen LogP contribution in [-0.4, -0.2) is 10.2 Å². The highest BCUT2D eigenvalue weighted by molar-refractivity contribution is 5.32. The molecule has 0 saturated heterocycles. The summed E-state index contributed by atoms with van der Waals surface area (Å²) in [5.74, 6) is 0. The molecule has 102 valence electrons. The van der Waals surface area contributed by atoms with Crippen LogP contribution >= 0.6 is 0 Å². The van der Waals surface area contributed by atoms with Gasteiger partial charge in [-0.05, 0) is 22.0 Å². The first-order valence-electron chi connectivity index (χ1n) is 6.50. The highest BCUT2D eigenvalue weighted by atomic mass is 16.3. The Morgan fingerprint density at radius 3 is 1.22 bits per heavy atom. The first kappa shape index (κ1) is 15.2. The fourth-order valence-electron chi connectivity index (χ4n) is 1.94. The lowest BCUT2D eigenvalue weighted by Gasteiger charge is -2.32. The minimum Gasteiger partial charge on any atom is -0.388 e. The van der Waals surface area contributed by atoms with Crippen LogP contribution in [0.5, 0.6) is 0 Å². The molecule has 0 spiro atoms. The molecule has 2 unspecified atom stereocenters. The van der Waals surface area contributed by atoms with E-state index in [0.717, 1.165) is 11.1 Å². The van der Waals surface area contributed by atoms with E-state index in [1.54, 1.807) is 0 Å². The van der Waals surface area contributed by atoms with Crippen molar-refractivity contribution in [2.45, 2.75) is 53.8 Å². The van der Waals surface area contributed by atoms with Crippen LogP contribution in [-0.2, 0) is 0 Å². The maximum Gasteiger partial charge on any atom is 0.0841 e. The van der Waals surface area contributed by atoms with Crippen molar-refractivity contribution in [2.24, 2.45) is 10.8 Å². The Labute approximate surface area is 111 Å². The summed E-state index contributed by atoms with van der Waals surface area (Å²) < 4.78 is 0. The average Bonchev–Trinajstić information content (AvgIpc) is 2.24. The number of benzene rings is 1. The first-order valence-corrected chi connectivity index (χ1v) is 6.50. The summed E-state index contributed by atoms with van der Waals surface area (Å²) in [6.07, 6.45) is -1.16. The summed E-state index contributed by atoms with van der Waals surface area (Å²) in [7, 11) is 0. The first-order chi connectivity index (χ1) is 8.05. The Morgan fingerprint density at radius 1 is 0.722 bits per heavy atom. The van der Waals surface area contributed by atoms with Gasteiger partial charge in [-0.2, -0.15) is 0 Å². The van der Waals surface area contributed by atoms with E-state index in [1.807, 2.05) is 65.8 Å². The zero-order valence-electron chi connectivity index (χ0n) is 12.4. The van der Waals surface area contributed by atoms with Gasteiger partial charge in [0.2, 0.25) is 0 Å². The summed E-state index contributed by atoms with van der Waals surface area (Å²) >= 11 is 0. The normalized spacial score (nSPS) is 16.4. The van der Waals surface area contributed by atoms with E-state index < -0.39 is 12.2 Å². The largest absolute Gasteiger partial charge is 0.388 e. The third-order valence-corrected chi connectivity index (χ3v) is 3.23. The van der Waals surface area contributed by atoms with Crippen LogP contribution in [0.3, 0.4) is 0 Å². The zero-order valence-corrected chi connectivity index (χ0v) is 12.4. The molecular formula is C16H26O2. The Kier molecular flexibility index (Phi) is 4.24. The van der Waals surface area contributed by atoms with Gasteiger partial charge in [-0.1, -0.05) is 65.8 Å². The number of aliphatic hydroxyl groups excluding tert-OH is 2. The Bertz CT molecular complexity index is 357. The molecule has 0 aliphatic heterocycles. The predicted octanol–water partition coefficient (Wildman–Crippen LogP) is 3.85. The Morgan fingerprint density at radius 2 is 1.00 bits per heavy atom. The van der Waals surface area contributed by atoms with Crippen molar-refractivity contribution < 1.29 is 10.2 Å². The molecule has 0 bridgehead atoms. The highest BCUT2D eigenvalue weighted by Crippen LogP contribution is 2.40. The summed E-state index contributed by atoms with van der Waals surface area (Å²) in [4.78, 5) is 0. The van der Waals surface area contributed by atoms with Crippen LogP contribution in [0, 0.1) is 10.8 Å². The highest BCUT2D eigenvalue weighted by Gasteiger charge is 2.31. The van der Waals surface area contributed by atoms with Gasteiger partial charge in [0.15, 0.2) is 0 Å². The molecule has 1 rings (SSSR count). The number of hydrogen-bond donors (Lipinski definition) is 2. The third kappa shape index (κ3) is 3.33. The van der Waals surface area contributed by atoms with Crippen molar-refractivity contribution >= 4 is 0 Å². The topological polar surface area (TPSA) is 40.5 Å². The van der Waals surface area contributed by atoms with Gasteiger partial charge in [0.25, 0.3) is 0 Å². The zero-order chi connectivity index (χ0) is 14.1. The Balaban J connectivity index is 3.23. The van der Waals surface area contributed by atoms with Crippen LogP contribution in [0.2, 0.25) is 0 Å². The number of hydrogen-bond acceptors (Lipinski definition) is 2. The van der Waals surface area contributed by atoms with E-state index in [2.05, 4.69) is 0 Å². The lowest BCUT2D eigenvalue weighted by atomic mass is 9.78. The van der Waals surface area contributed by atoms with Crippen molar-refractivity contribution in [3.63, 3.8) is 0 Å². The van der Waals surface area contributed by atoms with Gasteiger partial charge in [0.1, 0.15) is 0 Å². The van der Waals surface area contributed by atoms with Crippen LogP contribution < -0.4 is 0 Å². The van der Waals surface area contributed by atoms with Crippen molar-refractivity contribution in [3.05, 3.63) is 35.4 Å². The fraction of sp³-hybridized carbons (Fsp3) is 0.625. The van der Waals surface area contributed by atoms with Crippen LogP contribution in [0.4, 0.5) is 0 Å².